The van der Waals surface area contributed by atoms with Crippen molar-refractivity contribution in [1.82, 2.24) is 9.97 Å². The van der Waals surface area contributed by atoms with Gasteiger partial charge >= 0.3 is 0 Å². The molecule has 0 saturated heterocycles. The molecule has 0 spiro atoms. The number of anilines is 2. The second-order valence-corrected chi connectivity index (χ2v) is 5.52. The van der Waals surface area contributed by atoms with Gasteiger partial charge in [-0.05, 0) is 30.4 Å². The van der Waals surface area contributed by atoms with Gasteiger partial charge in [-0.25, -0.2) is 9.97 Å². The number of nitrogens with one attached hydrogen (secondary N) is 2. The first-order chi connectivity index (χ1) is 10.3. The molecule has 5 nitrogen and oxygen atoms in total. The van der Waals surface area contributed by atoms with Crippen molar-refractivity contribution in [3.63, 3.8) is 0 Å². The van der Waals surface area contributed by atoms with Gasteiger partial charge in [0.15, 0.2) is 5.82 Å². The molecule has 2 aromatic heterocycles. The van der Waals surface area contributed by atoms with Crippen molar-refractivity contribution in [1.29, 1.82) is 0 Å². The van der Waals surface area contributed by atoms with Crippen LogP contribution in [-0.4, -0.2) is 23.6 Å². The molecule has 2 N–H and O–H groups in total. The van der Waals surface area contributed by atoms with Crippen LogP contribution in [0, 0.1) is 0 Å². The Morgan fingerprint density at radius 3 is 2.76 bits per heavy atom. The number of hydrogen-bond acceptors (Lipinski definition) is 6. The third-order valence-electron chi connectivity index (χ3n) is 3.11. The predicted molar refractivity (Wildman–Crippen MR) is 87.9 cm³/mol. The van der Waals surface area contributed by atoms with Gasteiger partial charge in [0.1, 0.15) is 18.2 Å². The maximum atomic E-state index is 5.38. The summed E-state index contributed by atoms with van der Waals surface area (Å²) in [6.45, 7) is 6.01. The van der Waals surface area contributed by atoms with Gasteiger partial charge in [0, 0.05) is 24.6 Å². The standard InChI is InChI=1S/C15H22N4OS/c1-4-11-6-7-21-12(11)9-17-14-8-13(16-3)18-15(19-14)10-20-5-2/h6-8H,4-5,9-10H2,1-3H3,(H2,16,17,18,19). The molecule has 0 amide bonds. The Labute approximate surface area is 129 Å². The van der Waals surface area contributed by atoms with Crippen molar-refractivity contribution in [2.45, 2.75) is 33.4 Å². The van der Waals surface area contributed by atoms with E-state index in [1.165, 1.54) is 10.4 Å². The number of rotatable bonds is 8. The van der Waals surface area contributed by atoms with Crippen LogP contribution < -0.4 is 10.6 Å². The molecule has 0 radical (unpaired) electrons. The van der Waals surface area contributed by atoms with E-state index in [4.69, 9.17) is 4.74 Å². The Bertz CT molecular complexity index is 571. The summed E-state index contributed by atoms with van der Waals surface area (Å²) < 4.78 is 5.38. The minimum Gasteiger partial charge on any atom is -0.374 e. The Kier molecular flexibility index (Phi) is 5.95. The van der Waals surface area contributed by atoms with E-state index in [1.807, 2.05) is 20.0 Å². The summed E-state index contributed by atoms with van der Waals surface area (Å²) in [5.41, 5.74) is 1.39. The van der Waals surface area contributed by atoms with E-state index in [1.54, 1.807) is 11.3 Å². The van der Waals surface area contributed by atoms with Crippen LogP contribution in [0.5, 0.6) is 0 Å². The molecule has 2 aromatic rings. The van der Waals surface area contributed by atoms with E-state index < -0.39 is 0 Å². The summed E-state index contributed by atoms with van der Waals surface area (Å²) in [6, 6.07) is 4.09. The predicted octanol–water partition coefficient (Wildman–Crippen LogP) is 3.29. The molecule has 0 aliphatic carbocycles. The second-order valence-electron chi connectivity index (χ2n) is 4.52. The molecule has 2 heterocycles. The summed E-state index contributed by atoms with van der Waals surface area (Å²) in [5, 5.41) is 8.57. The lowest BCUT2D eigenvalue weighted by molar-refractivity contribution is 0.128. The SMILES string of the molecule is CCOCc1nc(NC)cc(NCc2sccc2CC)n1. The van der Waals surface area contributed by atoms with E-state index in [9.17, 15) is 0 Å². The minimum atomic E-state index is 0.430. The van der Waals surface area contributed by atoms with Crippen LogP contribution in [-0.2, 0) is 24.3 Å². The topological polar surface area (TPSA) is 59.1 Å². The van der Waals surface area contributed by atoms with Crippen molar-refractivity contribution in [2.24, 2.45) is 0 Å². The van der Waals surface area contributed by atoms with Crippen molar-refractivity contribution < 1.29 is 4.74 Å². The lowest BCUT2D eigenvalue weighted by atomic mass is 10.2. The number of nitrogens with zero attached hydrogens (tertiary/aromatic N) is 2. The first-order valence-electron chi connectivity index (χ1n) is 7.19. The van der Waals surface area contributed by atoms with Gasteiger partial charge in [-0.15, -0.1) is 11.3 Å². The average Bonchev–Trinajstić information content (AvgIpc) is 2.98. The molecule has 0 unspecified atom stereocenters. The quantitative estimate of drug-likeness (QED) is 0.783. The van der Waals surface area contributed by atoms with Gasteiger partial charge in [0.05, 0.1) is 6.54 Å². The van der Waals surface area contributed by atoms with Crippen LogP contribution in [0.3, 0.4) is 0 Å². The van der Waals surface area contributed by atoms with Gasteiger partial charge in [0.2, 0.25) is 0 Å². The molecule has 0 bridgehead atoms. The zero-order chi connectivity index (χ0) is 15.1. The van der Waals surface area contributed by atoms with E-state index in [-0.39, 0.29) is 0 Å². The molecule has 0 fully saturated rings. The third-order valence-corrected chi connectivity index (χ3v) is 4.08. The van der Waals surface area contributed by atoms with Crippen molar-refractivity contribution in [3.8, 4) is 0 Å². The second kappa shape index (κ2) is 7.95. The number of thiophene rings is 1. The monoisotopic (exact) mass is 306 g/mol. The van der Waals surface area contributed by atoms with E-state index >= 15 is 0 Å². The van der Waals surface area contributed by atoms with Crippen LogP contribution in [0.4, 0.5) is 11.6 Å². The Balaban J connectivity index is 2.07. The summed E-state index contributed by atoms with van der Waals surface area (Å²) >= 11 is 1.78. The summed E-state index contributed by atoms with van der Waals surface area (Å²) in [5.74, 6) is 2.30. The molecule has 114 valence electrons. The summed E-state index contributed by atoms with van der Waals surface area (Å²) in [7, 11) is 1.85. The highest BCUT2D eigenvalue weighted by atomic mass is 32.1. The smallest absolute Gasteiger partial charge is 0.158 e. The van der Waals surface area contributed by atoms with Gasteiger partial charge < -0.3 is 15.4 Å². The van der Waals surface area contributed by atoms with E-state index in [0.29, 0.717) is 19.0 Å². The molecule has 0 aliphatic rings. The molecule has 0 atom stereocenters. The summed E-state index contributed by atoms with van der Waals surface area (Å²) in [4.78, 5) is 10.2. The van der Waals surface area contributed by atoms with Gasteiger partial charge in [-0.1, -0.05) is 6.92 Å². The molecule has 0 saturated carbocycles. The van der Waals surface area contributed by atoms with Crippen LogP contribution in [0.15, 0.2) is 17.5 Å². The van der Waals surface area contributed by atoms with Crippen LogP contribution in [0.25, 0.3) is 0 Å². The molecule has 0 aromatic carbocycles. The normalized spacial score (nSPS) is 10.6. The minimum absolute atomic E-state index is 0.430. The molecule has 2 rings (SSSR count). The summed E-state index contributed by atoms with van der Waals surface area (Å²) in [6.07, 6.45) is 1.06. The first kappa shape index (κ1) is 15.7. The van der Waals surface area contributed by atoms with Gasteiger partial charge in [-0.3, -0.25) is 0 Å². The Morgan fingerprint density at radius 1 is 1.24 bits per heavy atom. The lowest BCUT2D eigenvalue weighted by Crippen LogP contribution is -2.08. The number of hydrogen-bond donors (Lipinski definition) is 2. The van der Waals surface area contributed by atoms with E-state index in [0.717, 1.165) is 24.6 Å². The van der Waals surface area contributed by atoms with Crippen molar-refractivity contribution in [2.75, 3.05) is 24.3 Å². The fourth-order valence-corrected chi connectivity index (χ4v) is 2.90. The van der Waals surface area contributed by atoms with Crippen LogP contribution in [0.1, 0.15) is 30.1 Å². The van der Waals surface area contributed by atoms with Crippen LogP contribution >= 0.6 is 11.3 Å². The molecular weight excluding hydrogens is 284 g/mol. The highest BCUT2D eigenvalue weighted by Gasteiger charge is 2.06. The largest absolute Gasteiger partial charge is 0.374 e. The average molecular weight is 306 g/mol. The number of ether oxygens (including phenoxy) is 1. The van der Waals surface area contributed by atoms with E-state index in [2.05, 4.69) is 39.0 Å². The fraction of sp³-hybridized carbons (Fsp3) is 0.467. The Morgan fingerprint density at radius 2 is 2.05 bits per heavy atom. The highest BCUT2D eigenvalue weighted by molar-refractivity contribution is 7.10. The molecule has 0 aliphatic heterocycles. The zero-order valence-corrected chi connectivity index (χ0v) is 13.6. The maximum absolute atomic E-state index is 5.38. The maximum Gasteiger partial charge on any atom is 0.158 e. The lowest BCUT2D eigenvalue weighted by Gasteiger charge is -2.10. The van der Waals surface area contributed by atoms with Crippen LogP contribution in [0.2, 0.25) is 0 Å². The van der Waals surface area contributed by atoms with Gasteiger partial charge in [0.25, 0.3) is 0 Å². The first-order valence-corrected chi connectivity index (χ1v) is 8.07. The van der Waals surface area contributed by atoms with Crippen molar-refractivity contribution >= 4 is 23.0 Å². The third kappa shape index (κ3) is 4.41. The Hall–Kier alpha value is -1.66. The molecule has 6 heteroatoms. The van der Waals surface area contributed by atoms with Gasteiger partial charge in [-0.2, -0.15) is 0 Å². The fourth-order valence-electron chi connectivity index (χ4n) is 1.98. The number of aryl methyl sites for hydroxylation is 1. The number of aromatic nitrogens is 2. The zero-order valence-electron chi connectivity index (χ0n) is 12.8. The van der Waals surface area contributed by atoms with Crippen molar-refractivity contribution in [3.05, 3.63) is 33.8 Å². The highest BCUT2D eigenvalue weighted by Crippen LogP contribution is 2.19. The molecular formula is C15H22N4OS. The molecule has 21 heavy (non-hydrogen) atoms.